The van der Waals surface area contributed by atoms with Crippen LogP contribution in [0.1, 0.15) is 18.1 Å². The maximum Gasteiger partial charge on any atom is 0.231 e. The summed E-state index contributed by atoms with van der Waals surface area (Å²) in [4.78, 5) is 36.2. The standard InChI is InChI=1S/C24H15FN8OS/c1-2-17(34)33-12-5-11(6-26-7-12)21-20(25)19-14(10-28-21)31-32-23(19)24-29-15-9-27-8-13(22(15)30-24)16-3-4-18(33)35-16/h3-10,31-32H,2H2,1H3. The number of H-pyrrole nitrogens is 2. The molecule has 0 saturated heterocycles. The fourth-order valence-corrected chi connectivity index (χ4v) is 5.45. The second-order valence-corrected chi connectivity index (χ2v) is 9.15. The minimum Gasteiger partial charge on any atom is -0.298 e. The first kappa shape index (κ1) is 19.9. The molecule has 2 N–H and O–H groups in total. The van der Waals surface area contributed by atoms with Gasteiger partial charge < -0.3 is 0 Å². The summed E-state index contributed by atoms with van der Waals surface area (Å²) in [5, 5.41) is 7.19. The summed E-state index contributed by atoms with van der Waals surface area (Å²) in [7, 11) is 0. The van der Waals surface area contributed by atoms with E-state index >= 15 is 4.39 Å². The number of halogens is 1. The quantitative estimate of drug-likeness (QED) is 0.325. The van der Waals surface area contributed by atoms with Gasteiger partial charge in [-0.3, -0.25) is 34.5 Å². The van der Waals surface area contributed by atoms with Gasteiger partial charge in [0.05, 0.1) is 35.2 Å². The molecule has 170 valence electrons. The average molecular weight is 483 g/mol. The van der Waals surface area contributed by atoms with E-state index in [-0.39, 0.29) is 17.8 Å². The summed E-state index contributed by atoms with van der Waals surface area (Å²) in [6.07, 6.45) is 8.33. The van der Waals surface area contributed by atoms with Gasteiger partial charge in [0, 0.05) is 34.3 Å². The summed E-state index contributed by atoms with van der Waals surface area (Å²) in [6.45, 7) is 1.80. The van der Waals surface area contributed by atoms with Crippen molar-refractivity contribution in [2.24, 2.45) is 0 Å². The Morgan fingerprint density at radius 3 is 2.83 bits per heavy atom. The smallest absolute Gasteiger partial charge is 0.231 e. The molecule has 0 fully saturated rings. The lowest BCUT2D eigenvalue weighted by Crippen LogP contribution is -2.09. The molecule has 8 bridgehead atoms. The lowest BCUT2D eigenvalue weighted by molar-refractivity contribution is 0.0918. The van der Waals surface area contributed by atoms with Crippen molar-refractivity contribution in [3.63, 3.8) is 0 Å². The van der Waals surface area contributed by atoms with Crippen molar-refractivity contribution in [2.75, 3.05) is 0 Å². The molecule has 0 unspecified atom stereocenters. The number of nitrogens with one attached hydrogen (secondary N) is 2. The van der Waals surface area contributed by atoms with E-state index in [4.69, 9.17) is 4.98 Å². The van der Waals surface area contributed by atoms with Crippen LogP contribution in [0, 0.1) is 5.82 Å². The fourth-order valence-electron chi connectivity index (χ4n) is 4.39. The van der Waals surface area contributed by atoms with Crippen molar-refractivity contribution in [2.45, 2.75) is 13.3 Å². The van der Waals surface area contributed by atoms with Gasteiger partial charge in [-0.25, -0.2) is 14.4 Å². The Labute approximate surface area is 199 Å². The molecule has 9 nitrogen and oxygen atoms in total. The molecular formula is C24H15FN8OS. The van der Waals surface area contributed by atoms with Crippen LogP contribution < -0.4 is 0 Å². The molecule has 2 aliphatic heterocycles. The number of aromatic amines is 2. The van der Waals surface area contributed by atoms with E-state index in [0.29, 0.717) is 49.2 Å². The molecule has 0 atom stereocenters. The van der Waals surface area contributed by atoms with Gasteiger partial charge in [-0.1, -0.05) is 6.92 Å². The third-order valence-electron chi connectivity index (χ3n) is 6.04. The Balaban J connectivity index is 1.78. The van der Waals surface area contributed by atoms with Crippen molar-refractivity contribution in [3.8, 4) is 11.3 Å². The van der Waals surface area contributed by atoms with Gasteiger partial charge in [-0.05, 0) is 18.2 Å². The van der Waals surface area contributed by atoms with Crippen LogP contribution in [-0.2, 0) is 0 Å². The predicted octanol–water partition coefficient (Wildman–Crippen LogP) is 5.37. The van der Waals surface area contributed by atoms with E-state index in [0.717, 1.165) is 10.1 Å². The van der Waals surface area contributed by atoms with E-state index in [1.54, 1.807) is 42.3 Å². The third-order valence-corrected chi connectivity index (χ3v) is 7.15. The number of carbonyl (C=O) groups is 1. The van der Waals surface area contributed by atoms with Crippen LogP contribution in [0.5, 0.6) is 0 Å². The lowest BCUT2D eigenvalue weighted by atomic mass is 10.1. The Morgan fingerprint density at radius 2 is 1.94 bits per heavy atom. The summed E-state index contributed by atoms with van der Waals surface area (Å²) < 4.78 is 18.5. The molecular weight excluding hydrogens is 467 g/mol. The number of carbonyl (C=O) groups excluding carboxylic acids is 1. The first-order valence-electron chi connectivity index (χ1n) is 10.9. The number of hydrogen-bond acceptors (Lipinski definition) is 7. The Hall–Kier alpha value is -4.51. The first-order chi connectivity index (χ1) is 17.1. The zero-order chi connectivity index (χ0) is 23.7. The zero-order valence-electron chi connectivity index (χ0n) is 18.2. The molecule has 0 aliphatic carbocycles. The highest BCUT2D eigenvalue weighted by Gasteiger charge is 2.20. The summed E-state index contributed by atoms with van der Waals surface area (Å²) in [5.74, 6) is -0.651. The van der Waals surface area contributed by atoms with Gasteiger partial charge in [0.15, 0.2) is 11.5 Å². The van der Waals surface area contributed by atoms with Crippen LogP contribution in [-0.4, -0.2) is 45.6 Å². The van der Waals surface area contributed by atoms with Gasteiger partial charge in [-0.2, -0.15) is 0 Å². The summed E-state index contributed by atoms with van der Waals surface area (Å²) in [5.41, 5.74) is 3.41. The number of rotatable bonds is 1. The van der Waals surface area contributed by atoms with E-state index in [2.05, 4.69) is 30.1 Å². The maximum absolute atomic E-state index is 16.0. The van der Waals surface area contributed by atoms with Crippen LogP contribution in [0.2, 0.25) is 0 Å². The number of imidazole rings is 1. The normalized spacial score (nSPS) is 11.9. The number of hydrogen-bond donors (Lipinski definition) is 2. The molecule has 2 aliphatic rings. The topological polar surface area (TPSA) is 118 Å². The molecule has 0 radical (unpaired) electrons. The minimum atomic E-state index is -0.540. The number of nitrogens with zero attached hydrogens (tertiary/aromatic N) is 6. The molecule has 0 spiro atoms. The van der Waals surface area contributed by atoms with Crippen molar-refractivity contribution in [1.82, 2.24) is 39.7 Å². The minimum absolute atomic E-state index is 0.111. The lowest BCUT2D eigenvalue weighted by Gasteiger charge is -2.06. The fraction of sp³-hybridized carbons (Fsp3) is 0.0833. The number of fused-ring (bicyclic) bond motifs is 9. The van der Waals surface area contributed by atoms with E-state index in [1.165, 1.54) is 17.5 Å². The highest BCUT2D eigenvalue weighted by Crippen LogP contribution is 2.34. The highest BCUT2D eigenvalue weighted by molar-refractivity contribution is 7.24. The van der Waals surface area contributed by atoms with Crippen LogP contribution in [0.3, 0.4) is 0 Å². The van der Waals surface area contributed by atoms with Gasteiger partial charge in [0.2, 0.25) is 5.91 Å². The van der Waals surface area contributed by atoms with Crippen LogP contribution in [0.15, 0.2) is 49.2 Å². The molecule has 5 aromatic rings. The van der Waals surface area contributed by atoms with Crippen molar-refractivity contribution < 1.29 is 9.18 Å². The second kappa shape index (κ2) is 7.24. The third kappa shape index (κ3) is 2.85. The SMILES string of the molecule is CCC(=O)n1c2cncc(c2)c2ncc3[nH][nH]c(c4nc5cncc(c6ccc1s6)c5n4)-c3c2F. The molecule has 11 heteroatoms. The Bertz CT molecular complexity index is 2000. The van der Waals surface area contributed by atoms with Gasteiger partial charge in [0.25, 0.3) is 0 Å². The Morgan fingerprint density at radius 1 is 1.06 bits per heavy atom. The van der Waals surface area contributed by atoms with E-state index in [1.807, 2.05) is 12.1 Å². The Kier molecular flexibility index (Phi) is 4.12. The molecule has 5 aromatic heterocycles. The maximum atomic E-state index is 16.0. The highest BCUT2D eigenvalue weighted by atomic mass is 32.1. The van der Waals surface area contributed by atoms with Crippen LogP contribution >= 0.6 is 11.3 Å². The van der Waals surface area contributed by atoms with Crippen LogP contribution in [0.25, 0.3) is 64.8 Å². The van der Waals surface area contributed by atoms with Crippen molar-refractivity contribution in [3.05, 3.63) is 55.0 Å². The predicted molar refractivity (Wildman–Crippen MR) is 133 cm³/mol. The largest absolute Gasteiger partial charge is 0.298 e. The van der Waals surface area contributed by atoms with Gasteiger partial charge in [0.1, 0.15) is 27.1 Å². The van der Waals surface area contributed by atoms with Crippen molar-refractivity contribution >= 4 is 70.8 Å². The molecule has 35 heavy (non-hydrogen) atoms. The van der Waals surface area contributed by atoms with Crippen molar-refractivity contribution in [1.29, 1.82) is 0 Å². The first-order valence-corrected chi connectivity index (χ1v) is 11.7. The molecule has 0 aromatic carbocycles. The van der Waals surface area contributed by atoms with Gasteiger partial charge in [-0.15, -0.1) is 11.3 Å². The summed E-state index contributed by atoms with van der Waals surface area (Å²) in [6, 6.07) is 5.55. The second-order valence-electron chi connectivity index (χ2n) is 8.09. The molecule has 0 saturated carbocycles. The average Bonchev–Trinajstić information content (AvgIpc) is 3.62. The van der Waals surface area contributed by atoms with E-state index < -0.39 is 5.82 Å². The summed E-state index contributed by atoms with van der Waals surface area (Å²) >= 11 is 1.44. The molecule has 0 amide bonds. The number of aromatic nitrogens is 8. The molecule has 7 rings (SSSR count). The van der Waals surface area contributed by atoms with Crippen LogP contribution in [0.4, 0.5) is 4.39 Å². The van der Waals surface area contributed by atoms with E-state index in [9.17, 15) is 4.79 Å². The number of thiophene rings is 1. The monoisotopic (exact) mass is 482 g/mol. The zero-order valence-corrected chi connectivity index (χ0v) is 19.0. The molecule has 7 heterocycles. The number of pyridine rings is 3. The van der Waals surface area contributed by atoms with Gasteiger partial charge >= 0.3 is 0 Å².